The van der Waals surface area contributed by atoms with Crippen LogP contribution in [0.5, 0.6) is 0 Å². The summed E-state index contributed by atoms with van der Waals surface area (Å²) in [7, 11) is 0. The summed E-state index contributed by atoms with van der Waals surface area (Å²) in [6.45, 7) is 2.80. The minimum Gasteiger partial charge on any atom is -0.331 e. The fraction of sp³-hybridized carbons (Fsp3) is 0.750. The van der Waals surface area contributed by atoms with Crippen LogP contribution in [-0.2, 0) is 0 Å². The number of nitrogens with one attached hydrogen (secondary N) is 2. The molecule has 3 heterocycles. The Morgan fingerprint density at radius 3 is 3.00 bits per heavy atom. The summed E-state index contributed by atoms with van der Waals surface area (Å²) < 4.78 is 0. The molecule has 1 aliphatic carbocycles. The number of aromatic amines is 1. The van der Waals surface area contributed by atoms with Crippen LogP contribution in [0.25, 0.3) is 0 Å². The summed E-state index contributed by atoms with van der Waals surface area (Å²) in [5.41, 5.74) is 0. The summed E-state index contributed by atoms with van der Waals surface area (Å²) in [6, 6.07) is 0.348. The van der Waals surface area contributed by atoms with Crippen LogP contribution in [-0.4, -0.2) is 51.7 Å². The highest BCUT2D eigenvalue weighted by atomic mass is 16.2. The maximum atomic E-state index is 12.4. The van der Waals surface area contributed by atoms with Gasteiger partial charge >= 0.3 is 0 Å². The lowest BCUT2D eigenvalue weighted by atomic mass is 10.1. The monoisotopic (exact) mass is 247 g/mol. The Morgan fingerprint density at radius 1 is 1.28 bits per heavy atom. The summed E-state index contributed by atoms with van der Waals surface area (Å²) in [4.78, 5) is 18.7. The SMILES string of the molecule is O=C(c1n[nH]c(C2CC2)n1)N1CC[C@H]2CNC[C@H]21. The molecule has 0 bridgehead atoms. The van der Waals surface area contributed by atoms with Crippen LogP contribution >= 0.6 is 0 Å². The van der Waals surface area contributed by atoms with E-state index in [1.807, 2.05) is 4.90 Å². The minimum absolute atomic E-state index is 0.00523. The van der Waals surface area contributed by atoms with E-state index in [1.165, 1.54) is 12.8 Å². The second-order valence-corrected chi connectivity index (χ2v) is 5.59. The van der Waals surface area contributed by atoms with Crippen LogP contribution in [0, 0.1) is 5.92 Å². The fourth-order valence-electron chi connectivity index (χ4n) is 3.14. The summed E-state index contributed by atoms with van der Waals surface area (Å²) in [5.74, 6) is 2.37. The van der Waals surface area contributed by atoms with Crippen molar-refractivity contribution in [1.29, 1.82) is 0 Å². The van der Waals surface area contributed by atoms with Gasteiger partial charge in [0.1, 0.15) is 5.82 Å². The third kappa shape index (κ3) is 1.55. The van der Waals surface area contributed by atoms with Gasteiger partial charge in [0.25, 0.3) is 5.91 Å². The predicted molar refractivity (Wildman–Crippen MR) is 64.2 cm³/mol. The van der Waals surface area contributed by atoms with Crippen LogP contribution in [0.1, 0.15) is 41.6 Å². The van der Waals surface area contributed by atoms with E-state index in [0.29, 0.717) is 23.7 Å². The summed E-state index contributed by atoms with van der Waals surface area (Å²) in [6.07, 6.45) is 3.44. The number of fused-ring (bicyclic) bond motifs is 1. The van der Waals surface area contributed by atoms with E-state index >= 15 is 0 Å². The molecule has 4 rings (SSSR count). The van der Waals surface area contributed by atoms with Gasteiger partial charge in [0.15, 0.2) is 0 Å². The Balaban J connectivity index is 1.54. The maximum Gasteiger partial charge on any atom is 0.293 e. The predicted octanol–water partition coefficient (Wildman–Crippen LogP) is 0.116. The van der Waals surface area contributed by atoms with Crippen molar-refractivity contribution in [2.45, 2.75) is 31.2 Å². The lowest BCUT2D eigenvalue weighted by Crippen LogP contribution is -2.39. The van der Waals surface area contributed by atoms with Gasteiger partial charge in [0.2, 0.25) is 5.82 Å². The maximum absolute atomic E-state index is 12.4. The van der Waals surface area contributed by atoms with Gasteiger partial charge in [-0.05, 0) is 25.2 Å². The molecular weight excluding hydrogens is 230 g/mol. The zero-order valence-electron chi connectivity index (χ0n) is 10.2. The number of rotatable bonds is 2. The second-order valence-electron chi connectivity index (χ2n) is 5.59. The highest BCUT2D eigenvalue weighted by Gasteiger charge is 2.41. The van der Waals surface area contributed by atoms with Gasteiger partial charge in [0.05, 0.1) is 0 Å². The third-order valence-electron chi connectivity index (χ3n) is 4.36. The molecule has 1 saturated carbocycles. The highest BCUT2D eigenvalue weighted by Crippen LogP contribution is 2.38. The number of H-pyrrole nitrogens is 1. The topological polar surface area (TPSA) is 73.9 Å². The van der Waals surface area contributed by atoms with Crippen LogP contribution in [0.3, 0.4) is 0 Å². The number of carbonyl (C=O) groups excluding carboxylic acids is 1. The van der Waals surface area contributed by atoms with Crippen molar-refractivity contribution in [1.82, 2.24) is 25.4 Å². The smallest absolute Gasteiger partial charge is 0.293 e. The molecule has 0 radical (unpaired) electrons. The van der Waals surface area contributed by atoms with Crippen molar-refractivity contribution < 1.29 is 4.79 Å². The molecule has 6 nitrogen and oxygen atoms in total. The molecule has 3 fully saturated rings. The first kappa shape index (κ1) is 10.5. The van der Waals surface area contributed by atoms with Crippen LogP contribution < -0.4 is 5.32 Å². The van der Waals surface area contributed by atoms with Crippen molar-refractivity contribution in [2.75, 3.05) is 19.6 Å². The van der Waals surface area contributed by atoms with Crippen LogP contribution in [0.2, 0.25) is 0 Å². The van der Waals surface area contributed by atoms with Gasteiger partial charge in [-0.25, -0.2) is 4.98 Å². The van der Waals surface area contributed by atoms with Gasteiger partial charge in [-0.1, -0.05) is 0 Å². The average Bonchev–Trinajstić information content (AvgIpc) is 2.83. The molecule has 0 spiro atoms. The number of aromatic nitrogens is 3. The minimum atomic E-state index is -0.00523. The molecule has 1 amide bonds. The van der Waals surface area contributed by atoms with Crippen molar-refractivity contribution in [3.63, 3.8) is 0 Å². The normalized spacial score (nSPS) is 30.8. The first-order chi connectivity index (χ1) is 8.83. The molecule has 2 atom stereocenters. The second kappa shape index (κ2) is 3.78. The van der Waals surface area contributed by atoms with E-state index in [1.54, 1.807) is 0 Å². The van der Waals surface area contributed by atoms with Crippen molar-refractivity contribution in [2.24, 2.45) is 5.92 Å². The number of nitrogens with zero attached hydrogens (tertiary/aromatic N) is 3. The first-order valence-corrected chi connectivity index (χ1v) is 6.77. The molecule has 0 aromatic carbocycles. The van der Waals surface area contributed by atoms with Crippen molar-refractivity contribution >= 4 is 5.91 Å². The van der Waals surface area contributed by atoms with Gasteiger partial charge in [-0.15, -0.1) is 5.10 Å². The average molecular weight is 247 g/mol. The molecule has 0 unspecified atom stereocenters. The number of carbonyl (C=O) groups is 1. The molecule has 6 heteroatoms. The summed E-state index contributed by atoms with van der Waals surface area (Å²) >= 11 is 0. The molecule has 18 heavy (non-hydrogen) atoms. The molecular formula is C12H17N5O. The summed E-state index contributed by atoms with van der Waals surface area (Å²) in [5, 5.41) is 10.3. The Morgan fingerprint density at radius 2 is 2.17 bits per heavy atom. The van der Waals surface area contributed by atoms with E-state index in [4.69, 9.17) is 0 Å². The number of hydrogen-bond donors (Lipinski definition) is 2. The highest BCUT2D eigenvalue weighted by molar-refractivity contribution is 5.91. The lowest BCUT2D eigenvalue weighted by molar-refractivity contribution is 0.0725. The zero-order chi connectivity index (χ0) is 12.1. The number of hydrogen-bond acceptors (Lipinski definition) is 4. The molecule has 2 saturated heterocycles. The Hall–Kier alpha value is -1.43. The molecule has 3 aliphatic rings. The van der Waals surface area contributed by atoms with E-state index < -0.39 is 0 Å². The van der Waals surface area contributed by atoms with E-state index in [-0.39, 0.29) is 5.91 Å². The zero-order valence-corrected chi connectivity index (χ0v) is 10.2. The molecule has 1 aromatic heterocycles. The Bertz CT molecular complexity index is 481. The van der Waals surface area contributed by atoms with Crippen LogP contribution in [0.4, 0.5) is 0 Å². The first-order valence-electron chi connectivity index (χ1n) is 6.77. The van der Waals surface area contributed by atoms with Crippen molar-refractivity contribution in [3.05, 3.63) is 11.6 Å². The van der Waals surface area contributed by atoms with Gasteiger partial charge in [-0.2, -0.15) is 0 Å². The molecule has 1 aromatic rings. The Labute approximate surface area is 105 Å². The molecule has 2 N–H and O–H groups in total. The third-order valence-corrected chi connectivity index (χ3v) is 4.36. The fourth-order valence-corrected chi connectivity index (χ4v) is 3.14. The standard InChI is InChI=1S/C12H17N5O/c18-12(11-14-10(15-16-11)7-1-2-7)17-4-3-8-5-13-6-9(8)17/h7-9,13H,1-6H2,(H,14,15,16)/t8-,9+/m0/s1. The molecule has 2 aliphatic heterocycles. The van der Waals surface area contributed by atoms with Gasteiger partial charge in [0, 0.05) is 31.6 Å². The quantitative estimate of drug-likeness (QED) is 0.778. The van der Waals surface area contributed by atoms with Gasteiger partial charge < -0.3 is 10.2 Å². The lowest BCUT2D eigenvalue weighted by Gasteiger charge is -2.21. The van der Waals surface area contributed by atoms with E-state index in [2.05, 4.69) is 20.5 Å². The van der Waals surface area contributed by atoms with Gasteiger partial charge in [-0.3, -0.25) is 9.89 Å². The van der Waals surface area contributed by atoms with E-state index in [0.717, 1.165) is 31.9 Å². The molecule has 96 valence electrons. The Kier molecular flexibility index (Phi) is 2.20. The number of amides is 1. The largest absolute Gasteiger partial charge is 0.331 e. The van der Waals surface area contributed by atoms with E-state index in [9.17, 15) is 4.79 Å². The van der Waals surface area contributed by atoms with Crippen LogP contribution in [0.15, 0.2) is 0 Å². The van der Waals surface area contributed by atoms with Crippen molar-refractivity contribution in [3.8, 4) is 0 Å². The number of likely N-dealkylation sites (tertiary alicyclic amines) is 1.